The Morgan fingerprint density at radius 1 is 1.11 bits per heavy atom. The number of nitrogens with one attached hydrogen (secondary N) is 2. The second kappa shape index (κ2) is 9.38. The zero-order valence-corrected chi connectivity index (χ0v) is 15.2. The van der Waals surface area contributed by atoms with Gasteiger partial charge in [0.05, 0.1) is 19.4 Å². The lowest BCUT2D eigenvalue weighted by molar-refractivity contribution is -0.137. The molecular formula is C20H22N2O5. The first-order valence-electron chi connectivity index (χ1n) is 8.41. The van der Waals surface area contributed by atoms with Crippen LogP contribution in [0.3, 0.4) is 0 Å². The van der Waals surface area contributed by atoms with Gasteiger partial charge in [0, 0.05) is 5.69 Å². The van der Waals surface area contributed by atoms with Crippen molar-refractivity contribution >= 4 is 23.5 Å². The molecule has 2 aromatic rings. The maximum Gasteiger partial charge on any atom is 0.322 e. The minimum absolute atomic E-state index is 0.0711. The Morgan fingerprint density at radius 3 is 2.44 bits per heavy atom. The summed E-state index contributed by atoms with van der Waals surface area (Å²) in [6.07, 6.45) is 0.0711. The topological polar surface area (TPSA) is 105 Å². The number of amides is 2. The van der Waals surface area contributed by atoms with Crippen molar-refractivity contribution in [2.24, 2.45) is 0 Å². The van der Waals surface area contributed by atoms with Crippen molar-refractivity contribution in [1.82, 2.24) is 5.32 Å². The minimum Gasteiger partial charge on any atom is -0.497 e. The van der Waals surface area contributed by atoms with Crippen LogP contribution in [0.5, 0.6) is 5.75 Å². The molecule has 7 heteroatoms. The molecule has 1 atom stereocenters. The summed E-state index contributed by atoms with van der Waals surface area (Å²) >= 11 is 0. The number of aliphatic carboxylic acids is 1. The van der Waals surface area contributed by atoms with Gasteiger partial charge in [0.1, 0.15) is 12.3 Å². The molecule has 0 spiro atoms. The molecule has 0 saturated heterocycles. The van der Waals surface area contributed by atoms with Gasteiger partial charge in [-0.25, -0.2) is 0 Å². The number of methoxy groups -OCH3 is 1. The molecule has 0 aromatic heterocycles. The van der Waals surface area contributed by atoms with E-state index in [0.29, 0.717) is 11.4 Å². The predicted molar refractivity (Wildman–Crippen MR) is 101 cm³/mol. The second-order valence-corrected chi connectivity index (χ2v) is 6.03. The number of anilines is 1. The normalized spacial score (nSPS) is 11.3. The van der Waals surface area contributed by atoms with Crippen molar-refractivity contribution in [3.63, 3.8) is 0 Å². The number of rotatable bonds is 8. The molecule has 0 aliphatic heterocycles. The molecule has 27 heavy (non-hydrogen) atoms. The smallest absolute Gasteiger partial charge is 0.322 e. The fraction of sp³-hybridized carbons (Fsp3) is 0.250. The highest BCUT2D eigenvalue weighted by atomic mass is 16.5. The van der Waals surface area contributed by atoms with E-state index in [9.17, 15) is 14.4 Å². The molecule has 2 rings (SSSR count). The van der Waals surface area contributed by atoms with Gasteiger partial charge in [-0.2, -0.15) is 0 Å². The monoisotopic (exact) mass is 370 g/mol. The molecule has 3 N–H and O–H groups in total. The Balaban J connectivity index is 1.94. The van der Waals surface area contributed by atoms with E-state index in [4.69, 9.17) is 9.84 Å². The van der Waals surface area contributed by atoms with Gasteiger partial charge < -0.3 is 20.5 Å². The number of benzene rings is 2. The molecule has 0 saturated carbocycles. The summed E-state index contributed by atoms with van der Waals surface area (Å²) in [6.45, 7) is 1.40. The zero-order chi connectivity index (χ0) is 19.8. The summed E-state index contributed by atoms with van der Waals surface area (Å²) in [6, 6.07) is 14.2. The third-order valence-corrected chi connectivity index (χ3v) is 4.01. The average molecular weight is 370 g/mol. The number of carboxylic acids is 1. The summed E-state index contributed by atoms with van der Waals surface area (Å²) < 4.78 is 5.18. The van der Waals surface area contributed by atoms with E-state index in [1.165, 1.54) is 0 Å². The molecule has 2 aromatic carbocycles. The van der Waals surface area contributed by atoms with Crippen LogP contribution in [0.4, 0.5) is 5.69 Å². The molecule has 0 aliphatic rings. The standard InChI is InChI=1S/C20H22N2O5/c1-13(15-4-3-5-17(11-15)27-2)20(26)22-16-8-6-14(7-9-16)10-18(23)21-12-19(24)25/h3-9,11,13H,10,12H2,1-2H3,(H,21,23)(H,22,26)(H,24,25). The van der Waals surface area contributed by atoms with Crippen LogP contribution < -0.4 is 15.4 Å². The molecule has 0 bridgehead atoms. The number of carbonyl (C=O) groups excluding carboxylic acids is 2. The maximum absolute atomic E-state index is 12.5. The number of hydrogen-bond acceptors (Lipinski definition) is 4. The molecular weight excluding hydrogens is 348 g/mol. The first-order valence-corrected chi connectivity index (χ1v) is 8.41. The van der Waals surface area contributed by atoms with Crippen molar-refractivity contribution < 1.29 is 24.2 Å². The van der Waals surface area contributed by atoms with E-state index in [1.807, 2.05) is 31.2 Å². The summed E-state index contributed by atoms with van der Waals surface area (Å²) in [5.41, 5.74) is 2.18. The van der Waals surface area contributed by atoms with E-state index < -0.39 is 12.5 Å². The molecule has 1 unspecified atom stereocenters. The fourth-order valence-corrected chi connectivity index (χ4v) is 2.44. The number of carboxylic acid groups (broad SMARTS) is 1. The Bertz CT molecular complexity index is 817. The summed E-state index contributed by atoms with van der Waals surface area (Å²) in [5, 5.41) is 13.7. The average Bonchev–Trinajstić information content (AvgIpc) is 2.67. The van der Waals surface area contributed by atoms with Gasteiger partial charge >= 0.3 is 5.97 Å². The van der Waals surface area contributed by atoms with Gasteiger partial charge in [-0.15, -0.1) is 0 Å². The van der Waals surface area contributed by atoms with Gasteiger partial charge in [-0.1, -0.05) is 24.3 Å². The summed E-state index contributed by atoms with van der Waals surface area (Å²) in [7, 11) is 1.58. The van der Waals surface area contributed by atoms with Crippen molar-refractivity contribution in [3.8, 4) is 5.75 Å². The Hall–Kier alpha value is -3.35. The van der Waals surface area contributed by atoms with Crippen LogP contribution >= 0.6 is 0 Å². The van der Waals surface area contributed by atoms with Gasteiger partial charge in [0.15, 0.2) is 0 Å². The number of hydrogen-bond donors (Lipinski definition) is 3. The highest BCUT2D eigenvalue weighted by Crippen LogP contribution is 2.22. The van der Waals surface area contributed by atoms with Crippen molar-refractivity contribution in [3.05, 3.63) is 59.7 Å². The Labute approximate surface area is 157 Å². The van der Waals surface area contributed by atoms with Crippen molar-refractivity contribution in [1.29, 1.82) is 0 Å². The fourth-order valence-electron chi connectivity index (χ4n) is 2.44. The van der Waals surface area contributed by atoms with E-state index in [1.54, 1.807) is 31.4 Å². The highest BCUT2D eigenvalue weighted by molar-refractivity contribution is 5.95. The summed E-state index contributed by atoms with van der Waals surface area (Å²) in [4.78, 5) is 34.5. The number of ether oxygens (including phenoxy) is 1. The lowest BCUT2D eigenvalue weighted by atomic mass is 10.00. The third-order valence-electron chi connectivity index (χ3n) is 4.01. The quantitative estimate of drug-likeness (QED) is 0.661. The first-order chi connectivity index (χ1) is 12.9. The van der Waals surface area contributed by atoms with E-state index >= 15 is 0 Å². The van der Waals surface area contributed by atoms with Crippen molar-refractivity contribution in [2.45, 2.75) is 19.3 Å². The SMILES string of the molecule is COc1cccc(C(C)C(=O)Nc2ccc(CC(=O)NCC(=O)O)cc2)c1. The first kappa shape index (κ1) is 20.0. The predicted octanol–water partition coefficient (Wildman–Crippen LogP) is 2.18. The van der Waals surface area contributed by atoms with Crippen LogP contribution in [0.1, 0.15) is 24.0 Å². The van der Waals surface area contributed by atoms with Gasteiger partial charge in [-0.05, 0) is 42.3 Å². The van der Waals surface area contributed by atoms with E-state index in [-0.39, 0.29) is 24.2 Å². The molecule has 0 aliphatic carbocycles. The van der Waals surface area contributed by atoms with Crippen LogP contribution in [0.25, 0.3) is 0 Å². The van der Waals surface area contributed by atoms with E-state index in [0.717, 1.165) is 11.1 Å². The molecule has 7 nitrogen and oxygen atoms in total. The lowest BCUT2D eigenvalue weighted by Gasteiger charge is -2.14. The van der Waals surface area contributed by atoms with Gasteiger partial charge in [0.25, 0.3) is 0 Å². The largest absolute Gasteiger partial charge is 0.497 e. The van der Waals surface area contributed by atoms with Crippen LogP contribution in [0.2, 0.25) is 0 Å². The van der Waals surface area contributed by atoms with Crippen LogP contribution in [-0.4, -0.2) is 36.5 Å². The maximum atomic E-state index is 12.5. The molecule has 0 fully saturated rings. The van der Waals surface area contributed by atoms with Crippen molar-refractivity contribution in [2.75, 3.05) is 19.0 Å². The highest BCUT2D eigenvalue weighted by Gasteiger charge is 2.16. The summed E-state index contributed by atoms with van der Waals surface area (Å²) in [5.74, 6) is -1.29. The Morgan fingerprint density at radius 2 is 1.81 bits per heavy atom. The van der Waals surface area contributed by atoms with Gasteiger partial charge in [-0.3, -0.25) is 14.4 Å². The van der Waals surface area contributed by atoms with Gasteiger partial charge in [0.2, 0.25) is 11.8 Å². The molecule has 2 amide bonds. The van der Waals surface area contributed by atoms with Crippen LogP contribution in [-0.2, 0) is 20.8 Å². The van der Waals surface area contributed by atoms with Crippen LogP contribution in [0, 0.1) is 0 Å². The lowest BCUT2D eigenvalue weighted by Crippen LogP contribution is -2.30. The molecule has 0 heterocycles. The van der Waals surface area contributed by atoms with Crippen LogP contribution in [0.15, 0.2) is 48.5 Å². The Kier molecular flexibility index (Phi) is 6.93. The molecule has 0 radical (unpaired) electrons. The third kappa shape index (κ3) is 6.14. The zero-order valence-electron chi connectivity index (χ0n) is 15.2. The van der Waals surface area contributed by atoms with E-state index in [2.05, 4.69) is 10.6 Å². The minimum atomic E-state index is -1.09. The molecule has 142 valence electrons. The second-order valence-electron chi connectivity index (χ2n) is 6.03. The number of carbonyl (C=O) groups is 3.